The molecule has 1 aromatic carbocycles. The first-order valence-corrected chi connectivity index (χ1v) is 11.0. The van der Waals surface area contributed by atoms with Crippen molar-refractivity contribution in [3.63, 3.8) is 0 Å². The molecule has 1 aromatic heterocycles. The number of carbonyl (C=O) groups is 1. The van der Waals surface area contributed by atoms with Gasteiger partial charge in [-0.1, -0.05) is 6.07 Å². The first-order chi connectivity index (χ1) is 15.6. The smallest absolute Gasteiger partial charge is 0.402 e. The number of anilines is 1. The molecule has 3 N–H and O–H groups in total. The Morgan fingerprint density at radius 3 is 2.50 bits per heavy atom. The highest BCUT2D eigenvalue weighted by Gasteiger charge is 2.47. The van der Waals surface area contributed by atoms with Crippen LogP contribution in [0.5, 0.6) is 5.75 Å². The van der Waals surface area contributed by atoms with Gasteiger partial charge in [0.2, 0.25) is 17.6 Å². The molecular formula is C19H16F7N3O4S. The summed E-state index contributed by atoms with van der Waals surface area (Å²) < 4.78 is 121. The number of halogens is 7. The standard InChI is InChI=1S/C19H16F7N3O4S/c20-13-2-1-11(16(15(13)21)33-19(24,25)26)10-3-5-18(22,23)8-12(10)17(30)29-9-4-6-28-14(7-9)34(27,31)32/h1-2,4,6-7,10,12H,3,5,8H2,(H2,27,31,32)(H,28,29,30). The van der Waals surface area contributed by atoms with Crippen molar-refractivity contribution in [3.05, 3.63) is 47.7 Å². The van der Waals surface area contributed by atoms with Crippen molar-refractivity contribution in [1.29, 1.82) is 0 Å². The van der Waals surface area contributed by atoms with E-state index in [-0.39, 0.29) is 5.69 Å². The maximum Gasteiger partial charge on any atom is 0.573 e. The summed E-state index contributed by atoms with van der Waals surface area (Å²) in [5, 5.41) is 6.50. The molecule has 0 aliphatic heterocycles. The second-order valence-electron chi connectivity index (χ2n) is 7.56. The van der Waals surface area contributed by atoms with Crippen LogP contribution < -0.4 is 15.2 Å². The van der Waals surface area contributed by atoms with Crippen molar-refractivity contribution in [2.24, 2.45) is 11.1 Å². The Balaban J connectivity index is 2.00. The lowest BCUT2D eigenvalue weighted by molar-refractivity contribution is -0.276. The van der Waals surface area contributed by atoms with Crippen molar-refractivity contribution in [3.8, 4) is 5.75 Å². The van der Waals surface area contributed by atoms with E-state index in [1.165, 1.54) is 0 Å². The molecule has 7 nitrogen and oxygen atoms in total. The summed E-state index contributed by atoms with van der Waals surface area (Å²) in [5.41, 5.74) is -0.819. The highest BCUT2D eigenvalue weighted by Crippen LogP contribution is 2.48. The number of nitrogens with one attached hydrogen (secondary N) is 1. The SMILES string of the molecule is NS(=O)(=O)c1cc(NC(=O)C2CC(F)(F)CCC2c2ccc(F)c(F)c2OC(F)(F)F)ccn1. The third-order valence-corrected chi connectivity index (χ3v) is 5.96. The Bertz CT molecular complexity index is 1200. The van der Waals surface area contributed by atoms with Crippen LogP contribution in [0.1, 0.15) is 30.7 Å². The van der Waals surface area contributed by atoms with Crippen LogP contribution >= 0.6 is 0 Å². The highest BCUT2D eigenvalue weighted by molar-refractivity contribution is 7.89. The van der Waals surface area contributed by atoms with E-state index in [0.29, 0.717) is 6.07 Å². The minimum atomic E-state index is -5.43. The second-order valence-corrected chi connectivity index (χ2v) is 9.06. The van der Waals surface area contributed by atoms with Gasteiger partial charge in [-0.15, -0.1) is 13.2 Å². The van der Waals surface area contributed by atoms with Crippen molar-refractivity contribution >= 4 is 21.6 Å². The Morgan fingerprint density at radius 2 is 1.88 bits per heavy atom. The molecule has 2 atom stereocenters. The lowest BCUT2D eigenvalue weighted by Gasteiger charge is -2.36. The van der Waals surface area contributed by atoms with Gasteiger partial charge in [-0.05, 0) is 24.5 Å². The number of pyridine rings is 1. The summed E-state index contributed by atoms with van der Waals surface area (Å²) in [6, 6.07) is 3.20. The Morgan fingerprint density at radius 1 is 1.21 bits per heavy atom. The van der Waals surface area contributed by atoms with Crippen LogP contribution in [-0.4, -0.2) is 31.6 Å². The number of sulfonamides is 1. The molecule has 186 valence electrons. The summed E-state index contributed by atoms with van der Waals surface area (Å²) in [6.45, 7) is 0. The third-order valence-electron chi connectivity index (χ3n) is 5.15. The van der Waals surface area contributed by atoms with Gasteiger partial charge in [0.05, 0.1) is 5.92 Å². The largest absolute Gasteiger partial charge is 0.573 e. The molecule has 0 bridgehead atoms. The number of aromatic nitrogens is 1. The minimum absolute atomic E-state index is 0.200. The summed E-state index contributed by atoms with van der Waals surface area (Å²) >= 11 is 0. The molecule has 1 saturated carbocycles. The molecule has 1 aliphatic rings. The van der Waals surface area contributed by atoms with E-state index >= 15 is 0 Å². The number of primary sulfonamides is 1. The van der Waals surface area contributed by atoms with Gasteiger partial charge in [-0.25, -0.2) is 31.7 Å². The monoisotopic (exact) mass is 515 g/mol. The Labute approximate surface area is 188 Å². The van der Waals surface area contributed by atoms with E-state index < -0.39 is 87.3 Å². The molecule has 1 amide bonds. The van der Waals surface area contributed by atoms with Crippen LogP contribution in [0, 0.1) is 17.6 Å². The van der Waals surface area contributed by atoms with Crippen molar-refractivity contribution in [2.75, 3.05) is 5.32 Å². The summed E-state index contributed by atoms with van der Waals surface area (Å²) in [7, 11) is -4.27. The number of benzene rings is 1. The average Bonchev–Trinajstić information content (AvgIpc) is 2.70. The van der Waals surface area contributed by atoms with E-state index in [2.05, 4.69) is 15.0 Å². The fraction of sp³-hybridized carbons (Fsp3) is 0.368. The van der Waals surface area contributed by atoms with Gasteiger partial charge >= 0.3 is 6.36 Å². The lowest BCUT2D eigenvalue weighted by atomic mass is 9.73. The maximum absolute atomic E-state index is 14.2. The number of nitrogens with two attached hydrogens (primary N) is 1. The number of carbonyl (C=O) groups excluding carboxylic acids is 1. The quantitative estimate of drug-likeness (QED) is 0.584. The van der Waals surface area contributed by atoms with E-state index in [1.807, 2.05) is 0 Å². The molecule has 0 saturated heterocycles. The van der Waals surface area contributed by atoms with Gasteiger partial charge in [0.15, 0.2) is 16.6 Å². The van der Waals surface area contributed by atoms with Gasteiger partial charge in [0, 0.05) is 36.4 Å². The summed E-state index contributed by atoms with van der Waals surface area (Å²) in [5.74, 6) is -12.8. The number of nitrogens with zero attached hydrogens (tertiary/aromatic N) is 1. The number of alkyl halides is 5. The third kappa shape index (κ3) is 5.94. The number of rotatable bonds is 5. The van der Waals surface area contributed by atoms with Gasteiger partial charge < -0.3 is 10.1 Å². The molecule has 3 rings (SSSR count). The summed E-state index contributed by atoms with van der Waals surface area (Å²) in [6.07, 6.45) is -6.98. The van der Waals surface area contributed by atoms with Crippen LogP contribution in [0.4, 0.5) is 36.4 Å². The van der Waals surface area contributed by atoms with Crippen LogP contribution in [-0.2, 0) is 14.8 Å². The molecule has 0 radical (unpaired) electrons. The molecule has 2 aromatic rings. The van der Waals surface area contributed by atoms with E-state index in [9.17, 15) is 43.9 Å². The molecule has 1 fully saturated rings. The molecule has 1 aliphatic carbocycles. The van der Waals surface area contributed by atoms with Gasteiger partial charge in [0.25, 0.3) is 10.0 Å². The van der Waals surface area contributed by atoms with E-state index in [1.54, 1.807) is 0 Å². The van der Waals surface area contributed by atoms with Crippen LogP contribution in [0.3, 0.4) is 0 Å². The number of amides is 1. The fourth-order valence-corrected chi connectivity index (χ4v) is 4.22. The lowest BCUT2D eigenvalue weighted by Crippen LogP contribution is -2.39. The second kappa shape index (κ2) is 9.02. The normalized spacial score (nSPS) is 20.6. The van der Waals surface area contributed by atoms with Gasteiger partial charge in [-0.2, -0.15) is 4.39 Å². The summed E-state index contributed by atoms with van der Waals surface area (Å²) in [4.78, 5) is 16.4. The minimum Gasteiger partial charge on any atom is -0.402 e. The van der Waals surface area contributed by atoms with E-state index in [4.69, 9.17) is 5.14 Å². The number of hydrogen-bond acceptors (Lipinski definition) is 5. The highest BCUT2D eigenvalue weighted by atomic mass is 32.2. The molecule has 34 heavy (non-hydrogen) atoms. The first-order valence-electron chi connectivity index (χ1n) is 9.48. The van der Waals surface area contributed by atoms with Gasteiger partial charge in [0.1, 0.15) is 0 Å². The van der Waals surface area contributed by atoms with Crippen LogP contribution in [0.15, 0.2) is 35.5 Å². The van der Waals surface area contributed by atoms with E-state index in [0.717, 1.165) is 24.4 Å². The van der Waals surface area contributed by atoms with Crippen LogP contribution in [0.2, 0.25) is 0 Å². The average molecular weight is 515 g/mol. The first kappa shape index (κ1) is 25.7. The van der Waals surface area contributed by atoms with Crippen molar-refractivity contribution < 1.29 is 48.7 Å². The number of ether oxygens (including phenoxy) is 1. The van der Waals surface area contributed by atoms with Gasteiger partial charge in [-0.3, -0.25) is 4.79 Å². The molecule has 2 unspecified atom stereocenters. The topological polar surface area (TPSA) is 111 Å². The molecule has 1 heterocycles. The van der Waals surface area contributed by atoms with Crippen LogP contribution in [0.25, 0.3) is 0 Å². The predicted octanol–water partition coefficient (Wildman–Crippen LogP) is 4.06. The Hall–Kier alpha value is -2.94. The Kier molecular flexibility index (Phi) is 6.81. The maximum atomic E-state index is 14.2. The van der Waals surface area contributed by atoms with Crippen molar-refractivity contribution in [2.45, 2.75) is 42.5 Å². The zero-order valence-electron chi connectivity index (χ0n) is 16.9. The zero-order valence-corrected chi connectivity index (χ0v) is 17.7. The number of hydrogen-bond donors (Lipinski definition) is 2. The fourth-order valence-electron chi connectivity index (χ4n) is 3.72. The molecular weight excluding hydrogens is 499 g/mol. The van der Waals surface area contributed by atoms with Crippen molar-refractivity contribution in [1.82, 2.24) is 4.98 Å². The molecule has 0 spiro atoms. The zero-order chi connectivity index (χ0) is 25.5. The predicted molar refractivity (Wildman–Crippen MR) is 102 cm³/mol. The molecule has 15 heteroatoms.